The van der Waals surface area contributed by atoms with Crippen molar-refractivity contribution in [2.24, 2.45) is 0 Å². The molecule has 1 saturated carbocycles. The predicted molar refractivity (Wildman–Crippen MR) is 76.7 cm³/mol. The highest BCUT2D eigenvalue weighted by Gasteiger charge is 2.48. The molecule has 0 bridgehead atoms. The zero-order chi connectivity index (χ0) is 13.6. The van der Waals surface area contributed by atoms with E-state index in [1.807, 2.05) is 6.07 Å². The summed E-state index contributed by atoms with van der Waals surface area (Å²) in [5.41, 5.74) is 3.02. The smallest absolute Gasteiger partial charge is 0.255 e. The second-order valence-corrected chi connectivity index (χ2v) is 5.71. The predicted octanol–water partition coefficient (Wildman–Crippen LogP) is 1.50. The topological polar surface area (TPSA) is 57.8 Å². The number of nitrogens with zero attached hydrogens (tertiary/aromatic N) is 1. The molecule has 4 nitrogen and oxygen atoms in total. The lowest BCUT2D eigenvalue weighted by atomic mass is 9.94. The molecule has 0 spiro atoms. The second-order valence-electron chi connectivity index (χ2n) is 5.71. The maximum atomic E-state index is 12.3. The molecule has 2 N–H and O–H groups in total. The van der Waals surface area contributed by atoms with E-state index in [2.05, 4.69) is 34.6 Å². The highest BCUT2D eigenvalue weighted by Crippen LogP contribution is 2.51. The summed E-state index contributed by atoms with van der Waals surface area (Å²) in [7, 11) is 0. The molecule has 0 atom stereocenters. The fourth-order valence-electron chi connectivity index (χ4n) is 3.12. The highest BCUT2D eigenvalue weighted by molar-refractivity contribution is 5.40. The number of H-pyrrole nitrogens is 1. The molecule has 1 aromatic heterocycles. The first-order valence-electron chi connectivity index (χ1n) is 7.18. The van der Waals surface area contributed by atoms with Gasteiger partial charge in [-0.2, -0.15) is 0 Å². The van der Waals surface area contributed by atoms with Crippen LogP contribution in [0.3, 0.4) is 0 Å². The van der Waals surface area contributed by atoms with E-state index in [9.17, 15) is 4.79 Å². The molecule has 20 heavy (non-hydrogen) atoms. The average molecular weight is 267 g/mol. The van der Waals surface area contributed by atoms with Gasteiger partial charge in [-0.3, -0.25) is 4.79 Å². The maximum absolute atomic E-state index is 12.3. The van der Waals surface area contributed by atoms with E-state index in [1.54, 1.807) is 0 Å². The van der Waals surface area contributed by atoms with Crippen LogP contribution in [-0.4, -0.2) is 16.5 Å². The second kappa shape index (κ2) is 4.28. The first-order chi connectivity index (χ1) is 9.79. The molecule has 1 aromatic carbocycles. The van der Waals surface area contributed by atoms with Crippen molar-refractivity contribution in [3.8, 4) is 0 Å². The maximum Gasteiger partial charge on any atom is 0.255 e. The average Bonchev–Trinajstić information content (AvgIpc) is 3.30. The quantitative estimate of drug-likeness (QED) is 0.867. The Morgan fingerprint density at radius 3 is 2.70 bits per heavy atom. The van der Waals surface area contributed by atoms with Gasteiger partial charge in [0, 0.05) is 19.5 Å². The van der Waals surface area contributed by atoms with Gasteiger partial charge in [0.1, 0.15) is 5.82 Å². The molecule has 1 aliphatic carbocycles. The van der Waals surface area contributed by atoms with Crippen LogP contribution in [0.5, 0.6) is 0 Å². The summed E-state index contributed by atoms with van der Waals surface area (Å²) in [4.78, 5) is 20.1. The zero-order valence-electron chi connectivity index (χ0n) is 11.3. The van der Waals surface area contributed by atoms with Crippen molar-refractivity contribution >= 4 is 0 Å². The van der Waals surface area contributed by atoms with Crippen molar-refractivity contribution in [2.75, 3.05) is 6.54 Å². The lowest BCUT2D eigenvalue weighted by Crippen LogP contribution is -2.33. The third-order valence-electron chi connectivity index (χ3n) is 4.47. The molecular formula is C16H17N3O. The van der Waals surface area contributed by atoms with Gasteiger partial charge in [0.15, 0.2) is 0 Å². The largest absolute Gasteiger partial charge is 0.312 e. The fourth-order valence-corrected chi connectivity index (χ4v) is 3.12. The summed E-state index contributed by atoms with van der Waals surface area (Å²) < 4.78 is 0. The summed E-state index contributed by atoms with van der Waals surface area (Å²) >= 11 is 0. The van der Waals surface area contributed by atoms with E-state index in [1.165, 1.54) is 5.56 Å². The molecule has 4 rings (SSSR count). The van der Waals surface area contributed by atoms with Gasteiger partial charge in [0.2, 0.25) is 0 Å². The molecule has 1 aliphatic heterocycles. The van der Waals surface area contributed by atoms with E-state index in [-0.39, 0.29) is 11.0 Å². The molecule has 102 valence electrons. The zero-order valence-corrected chi connectivity index (χ0v) is 11.3. The summed E-state index contributed by atoms with van der Waals surface area (Å²) in [5, 5.41) is 3.23. The fraction of sp³-hybridized carbons (Fsp3) is 0.375. The van der Waals surface area contributed by atoms with Crippen molar-refractivity contribution in [1.82, 2.24) is 15.3 Å². The van der Waals surface area contributed by atoms with Crippen molar-refractivity contribution in [3.05, 3.63) is 63.3 Å². The first kappa shape index (κ1) is 11.9. The van der Waals surface area contributed by atoms with E-state index >= 15 is 0 Å². The summed E-state index contributed by atoms with van der Waals surface area (Å²) in [6.45, 7) is 1.54. The van der Waals surface area contributed by atoms with Crippen molar-refractivity contribution in [1.29, 1.82) is 0 Å². The van der Waals surface area contributed by atoms with Crippen LogP contribution in [0.2, 0.25) is 0 Å². The Hall–Kier alpha value is -1.94. The van der Waals surface area contributed by atoms with Gasteiger partial charge in [-0.15, -0.1) is 0 Å². The van der Waals surface area contributed by atoms with Gasteiger partial charge in [0.05, 0.1) is 16.7 Å². The monoisotopic (exact) mass is 267 g/mol. The van der Waals surface area contributed by atoms with Gasteiger partial charge in [-0.25, -0.2) is 4.98 Å². The number of fused-ring (bicyclic) bond motifs is 1. The number of benzene rings is 1. The van der Waals surface area contributed by atoms with E-state index in [0.717, 1.165) is 42.9 Å². The molecule has 0 saturated heterocycles. The van der Waals surface area contributed by atoms with E-state index in [0.29, 0.717) is 6.54 Å². The van der Waals surface area contributed by atoms with Gasteiger partial charge >= 0.3 is 0 Å². The molecule has 2 aliphatic rings. The summed E-state index contributed by atoms with van der Waals surface area (Å²) in [6, 6.07) is 10.4. The number of aromatic amines is 1. The van der Waals surface area contributed by atoms with Crippen LogP contribution in [0.1, 0.15) is 35.5 Å². The van der Waals surface area contributed by atoms with Crippen LogP contribution < -0.4 is 10.9 Å². The molecule has 4 heteroatoms. The number of aromatic nitrogens is 2. The Bertz CT molecular complexity index is 701. The SMILES string of the molecule is O=c1[nH]c(C2(c3ccccc3)CC2)nc2c1CNCC2. The Kier molecular flexibility index (Phi) is 2.54. The van der Waals surface area contributed by atoms with Crippen molar-refractivity contribution in [2.45, 2.75) is 31.2 Å². The Morgan fingerprint density at radius 2 is 1.95 bits per heavy atom. The van der Waals surface area contributed by atoms with Crippen LogP contribution >= 0.6 is 0 Å². The normalized spacial score (nSPS) is 19.4. The lowest BCUT2D eigenvalue weighted by molar-refractivity contribution is 0.604. The van der Waals surface area contributed by atoms with Crippen LogP contribution in [-0.2, 0) is 18.4 Å². The van der Waals surface area contributed by atoms with Crippen LogP contribution in [0, 0.1) is 0 Å². The van der Waals surface area contributed by atoms with Crippen molar-refractivity contribution in [3.63, 3.8) is 0 Å². The molecule has 0 amide bonds. The molecule has 0 radical (unpaired) electrons. The van der Waals surface area contributed by atoms with Gasteiger partial charge in [-0.05, 0) is 18.4 Å². The van der Waals surface area contributed by atoms with Gasteiger partial charge in [-0.1, -0.05) is 30.3 Å². The van der Waals surface area contributed by atoms with E-state index in [4.69, 9.17) is 4.98 Å². The number of hydrogen-bond acceptors (Lipinski definition) is 3. The summed E-state index contributed by atoms with van der Waals surface area (Å²) in [5.74, 6) is 0.856. The number of hydrogen-bond donors (Lipinski definition) is 2. The van der Waals surface area contributed by atoms with Crippen LogP contribution in [0.15, 0.2) is 35.1 Å². The van der Waals surface area contributed by atoms with Crippen molar-refractivity contribution < 1.29 is 0 Å². The van der Waals surface area contributed by atoms with Crippen LogP contribution in [0.25, 0.3) is 0 Å². The Labute approximate surface area is 117 Å². The number of nitrogens with one attached hydrogen (secondary N) is 2. The third kappa shape index (κ3) is 1.72. The van der Waals surface area contributed by atoms with Gasteiger partial charge < -0.3 is 10.3 Å². The molecule has 2 aromatic rings. The highest BCUT2D eigenvalue weighted by atomic mass is 16.1. The number of rotatable bonds is 2. The summed E-state index contributed by atoms with van der Waals surface area (Å²) in [6.07, 6.45) is 2.98. The first-order valence-corrected chi connectivity index (χ1v) is 7.18. The minimum atomic E-state index is -0.0552. The Balaban J connectivity index is 1.84. The molecular weight excluding hydrogens is 250 g/mol. The standard InChI is InChI=1S/C16H17N3O/c20-14-12-10-17-9-6-13(12)18-15(19-14)16(7-8-16)11-4-2-1-3-5-11/h1-5,17H,6-10H2,(H,18,19,20). The molecule has 1 fully saturated rings. The van der Waals surface area contributed by atoms with Gasteiger partial charge in [0.25, 0.3) is 5.56 Å². The molecule has 2 heterocycles. The molecule has 0 unspecified atom stereocenters. The van der Waals surface area contributed by atoms with E-state index < -0.39 is 0 Å². The lowest BCUT2D eigenvalue weighted by Gasteiger charge is -2.20. The third-order valence-corrected chi connectivity index (χ3v) is 4.47. The Morgan fingerprint density at radius 1 is 1.15 bits per heavy atom. The van der Waals surface area contributed by atoms with Crippen LogP contribution in [0.4, 0.5) is 0 Å². The minimum absolute atomic E-state index is 0.0272. The minimum Gasteiger partial charge on any atom is -0.312 e.